The first kappa shape index (κ1) is 14.8. The maximum atomic E-state index is 11.7. The van der Waals surface area contributed by atoms with Gasteiger partial charge in [-0.25, -0.2) is 15.2 Å². The SMILES string of the molecule is CN(NC(CC1CC1)C(=O)O)C(=O)OC(C)(C)C. The second-order valence-electron chi connectivity index (χ2n) is 5.74. The third-order valence-corrected chi connectivity index (χ3v) is 2.58. The number of aliphatic carboxylic acids is 1. The van der Waals surface area contributed by atoms with Crippen LogP contribution in [0.3, 0.4) is 0 Å². The Hall–Kier alpha value is -1.30. The van der Waals surface area contributed by atoms with Crippen LogP contribution in [0.1, 0.15) is 40.0 Å². The molecule has 1 fully saturated rings. The molecule has 0 saturated heterocycles. The highest BCUT2D eigenvalue weighted by molar-refractivity contribution is 5.74. The number of carbonyl (C=O) groups is 2. The normalized spacial score (nSPS) is 17.1. The van der Waals surface area contributed by atoms with Crippen LogP contribution in [0.15, 0.2) is 0 Å². The van der Waals surface area contributed by atoms with Crippen LogP contribution >= 0.6 is 0 Å². The van der Waals surface area contributed by atoms with Crippen molar-refractivity contribution in [3.8, 4) is 0 Å². The molecule has 1 unspecified atom stereocenters. The first-order valence-electron chi connectivity index (χ1n) is 6.14. The number of carbonyl (C=O) groups excluding carboxylic acids is 1. The Balaban J connectivity index is 2.46. The number of amides is 1. The van der Waals surface area contributed by atoms with Crippen LogP contribution in [0.5, 0.6) is 0 Å². The van der Waals surface area contributed by atoms with Crippen molar-refractivity contribution >= 4 is 12.1 Å². The van der Waals surface area contributed by atoms with Crippen molar-refractivity contribution in [2.24, 2.45) is 5.92 Å². The van der Waals surface area contributed by atoms with Crippen molar-refractivity contribution in [3.63, 3.8) is 0 Å². The number of hydrogen-bond acceptors (Lipinski definition) is 4. The van der Waals surface area contributed by atoms with Crippen molar-refractivity contribution in [2.75, 3.05) is 7.05 Å². The minimum Gasteiger partial charge on any atom is -0.480 e. The van der Waals surface area contributed by atoms with Crippen LogP contribution < -0.4 is 5.43 Å². The summed E-state index contributed by atoms with van der Waals surface area (Å²) in [4.78, 5) is 22.7. The van der Waals surface area contributed by atoms with Gasteiger partial charge in [0.15, 0.2) is 0 Å². The number of hydrazine groups is 1. The van der Waals surface area contributed by atoms with E-state index in [9.17, 15) is 9.59 Å². The fraction of sp³-hybridized carbons (Fsp3) is 0.833. The highest BCUT2D eigenvalue weighted by atomic mass is 16.6. The van der Waals surface area contributed by atoms with Gasteiger partial charge in [-0.3, -0.25) is 4.79 Å². The molecule has 1 aliphatic carbocycles. The second-order valence-corrected chi connectivity index (χ2v) is 5.74. The van der Waals surface area contributed by atoms with E-state index in [1.165, 1.54) is 7.05 Å². The average Bonchev–Trinajstić information content (AvgIpc) is 2.97. The number of hydrogen-bond donors (Lipinski definition) is 2. The molecule has 104 valence electrons. The van der Waals surface area contributed by atoms with E-state index in [-0.39, 0.29) is 0 Å². The maximum absolute atomic E-state index is 11.7. The standard InChI is InChI=1S/C12H22N2O4/c1-12(2,3)18-11(17)14(4)13-9(10(15)16)7-8-5-6-8/h8-9,13H,5-7H2,1-4H3,(H,15,16). The molecule has 1 rings (SSSR count). The molecule has 18 heavy (non-hydrogen) atoms. The molecule has 0 heterocycles. The van der Waals surface area contributed by atoms with E-state index in [1.54, 1.807) is 20.8 Å². The lowest BCUT2D eigenvalue weighted by molar-refractivity contribution is -0.141. The summed E-state index contributed by atoms with van der Waals surface area (Å²) in [6.45, 7) is 5.28. The molecule has 0 aromatic heterocycles. The summed E-state index contributed by atoms with van der Waals surface area (Å²) < 4.78 is 5.13. The lowest BCUT2D eigenvalue weighted by Crippen LogP contribution is -2.50. The summed E-state index contributed by atoms with van der Waals surface area (Å²) in [6, 6.07) is -0.741. The largest absolute Gasteiger partial charge is 0.480 e. The van der Waals surface area contributed by atoms with Gasteiger partial charge in [-0.15, -0.1) is 0 Å². The van der Waals surface area contributed by atoms with E-state index in [1.807, 2.05) is 0 Å². The molecule has 0 spiro atoms. The minimum atomic E-state index is -0.947. The molecule has 6 heteroatoms. The predicted octanol–water partition coefficient (Wildman–Crippen LogP) is 1.61. The number of carboxylic acids is 1. The molecular formula is C12H22N2O4. The predicted molar refractivity (Wildman–Crippen MR) is 65.9 cm³/mol. The highest BCUT2D eigenvalue weighted by Crippen LogP contribution is 2.33. The van der Waals surface area contributed by atoms with Crippen LogP contribution in [-0.4, -0.2) is 40.9 Å². The summed E-state index contributed by atoms with van der Waals surface area (Å²) in [6.07, 6.45) is 2.11. The van der Waals surface area contributed by atoms with Gasteiger partial charge in [0.2, 0.25) is 0 Å². The van der Waals surface area contributed by atoms with Gasteiger partial charge in [-0.1, -0.05) is 12.8 Å². The lowest BCUT2D eigenvalue weighted by atomic mass is 10.1. The fourth-order valence-corrected chi connectivity index (χ4v) is 1.51. The maximum Gasteiger partial charge on any atom is 0.424 e. The molecule has 1 amide bonds. The topological polar surface area (TPSA) is 78.9 Å². The van der Waals surface area contributed by atoms with Gasteiger partial charge in [0.25, 0.3) is 0 Å². The van der Waals surface area contributed by atoms with Crippen molar-refractivity contribution in [1.82, 2.24) is 10.4 Å². The Bertz CT molecular complexity index is 321. The van der Waals surface area contributed by atoms with Crippen LogP contribution in [0.4, 0.5) is 4.79 Å². The number of nitrogens with zero attached hydrogens (tertiary/aromatic N) is 1. The summed E-state index contributed by atoms with van der Waals surface area (Å²) in [7, 11) is 1.47. The van der Waals surface area contributed by atoms with Crippen LogP contribution in [-0.2, 0) is 9.53 Å². The zero-order valence-electron chi connectivity index (χ0n) is 11.4. The van der Waals surface area contributed by atoms with Gasteiger partial charge < -0.3 is 9.84 Å². The third-order valence-electron chi connectivity index (χ3n) is 2.58. The van der Waals surface area contributed by atoms with E-state index >= 15 is 0 Å². The van der Waals surface area contributed by atoms with E-state index in [2.05, 4.69) is 5.43 Å². The number of rotatable bonds is 5. The monoisotopic (exact) mass is 258 g/mol. The third kappa shape index (κ3) is 5.35. The Morgan fingerprint density at radius 3 is 2.39 bits per heavy atom. The van der Waals surface area contributed by atoms with Crippen LogP contribution in [0.2, 0.25) is 0 Å². The van der Waals surface area contributed by atoms with E-state index in [0.29, 0.717) is 12.3 Å². The van der Waals surface area contributed by atoms with Gasteiger partial charge in [-0.05, 0) is 33.1 Å². The molecule has 0 bridgehead atoms. The molecule has 6 nitrogen and oxygen atoms in total. The highest BCUT2D eigenvalue weighted by Gasteiger charge is 2.31. The Morgan fingerprint density at radius 2 is 2.00 bits per heavy atom. The lowest BCUT2D eigenvalue weighted by Gasteiger charge is -2.27. The first-order chi connectivity index (χ1) is 8.19. The van der Waals surface area contributed by atoms with Crippen molar-refractivity contribution in [1.29, 1.82) is 0 Å². The number of nitrogens with one attached hydrogen (secondary N) is 1. The first-order valence-corrected chi connectivity index (χ1v) is 6.14. The van der Waals surface area contributed by atoms with Crippen LogP contribution in [0.25, 0.3) is 0 Å². The zero-order chi connectivity index (χ0) is 13.9. The second kappa shape index (κ2) is 5.56. The molecular weight excluding hydrogens is 236 g/mol. The Kier molecular flexibility index (Phi) is 4.56. The fourth-order valence-electron chi connectivity index (χ4n) is 1.51. The van der Waals surface area contributed by atoms with Crippen molar-refractivity contribution in [3.05, 3.63) is 0 Å². The van der Waals surface area contributed by atoms with Crippen molar-refractivity contribution in [2.45, 2.75) is 51.7 Å². The van der Waals surface area contributed by atoms with Gasteiger partial charge in [0, 0.05) is 7.05 Å². The van der Waals surface area contributed by atoms with Crippen molar-refractivity contribution < 1.29 is 19.4 Å². The van der Waals surface area contributed by atoms with Gasteiger partial charge in [0.05, 0.1) is 0 Å². The zero-order valence-corrected chi connectivity index (χ0v) is 11.4. The molecule has 0 aromatic rings. The van der Waals surface area contributed by atoms with E-state index in [4.69, 9.17) is 9.84 Å². The smallest absolute Gasteiger partial charge is 0.424 e. The molecule has 0 aromatic carbocycles. The summed E-state index contributed by atoms with van der Waals surface area (Å²) in [5, 5.41) is 10.2. The quantitative estimate of drug-likeness (QED) is 0.732. The molecule has 0 aliphatic heterocycles. The number of ether oxygens (including phenoxy) is 1. The summed E-state index contributed by atoms with van der Waals surface area (Å²) in [5.74, 6) is -0.483. The Morgan fingerprint density at radius 1 is 1.44 bits per heavy atom. The summed E-state index contributed by atoms with van der Waals surface area (Å²) >= 11 is 0. The van der Waals surface area contributed by atoms with E-state index in [0.717, 1.165) is 17.9 Å². The molecule has 0 radical (unpaired) electrons. The van der Waals surface area contributed by atoms with Gasteiger partial charge >= 0.3 is 12.1 Å². The number of carboxylic acid groups (broad SMARTS) is 1. The van der Waals surface area contributed by atoms with Gasteiger partial charge in [-0.2, -0.15) is 0 Å². The molecule has 2 N–H and O–H groups in total. The summed E-state index contributed by atoms with van der Waals surface area (Å²) in [5.41, 5.74) is 2.07. The van der Waals surface area contributed by atoms with E-state index < -0.39 is 23.7 Å². The van der Waals surface area contributed by atoms with Gasteiger partial charge in [0.1, 0.15) is 11.6 Å². The minimum absolute atomic E-state index is 0.464. The molecule has 1 aliphatic rings. The Labute approximate surface area is 107 Å². The van der Waals surface area contributed by atoms with Crippen LogP contribution in [0, 0.1) is 5.92 Å². The molecule has 1 atom stereocenters. The molecule has 1 saturated carbocycles. The average molecular weight is 258 g/mol.